The maximum Gasteiger partial charge on any atom is 0.0634 e. The van der Waals surface area contributed by atoms with Crippen molar-refractivity contribution in [2.45, 2.75) is 30.8 Å². The molecular weight excluding hydrogens is 276 g/mol. The van der Waals surface area contributed by atoms with Crippen molar-refractivity contribution in [3.05, 3.63) is 65.7 Å². The van der Waals surface area contributed by atoms with Gasteiger partial charge in [0.15, 0.2) is 0 Å². The van der Waals surface area contributed by atoms with Crippen LogP contribution in [0.1, 0.15) is 30.9 Å². The van der Waals surface area contributed by atoms with E-state index < -0.39 is 0 Å². The van der Waals surface area contributed by atoms with Crippen LogP contribution in [0.25, 0.3) is 12.2 Å². The molecule has 0 amide bonds. The predicted molar refractivity (Wildman–Crippen MR) is 93.5 cm³/mol. The Hall–Kier alpha value is -1.51. The van der Waals surface area contributed by atoms with Crippen LogP contribution in [0, 0.1) is 0 Å². The average molecular weight is 298 g/mol. The van der Waals surface area contributed by atoms with Crippen LogP contribution in [0.3, 0.4) is 0 Å². The Morgan fingerprint density at radius 3 is 2.19 bits per heavy atom. The second kappa shape index (κ2) is 8.71. The van der Waals surface area contributed by atoms with Crippen LogP contribution in [0.2, 0.25) is 0 Å². The lowest BCUT2D eigenvalue weighted by molar-refractivity contribution is 0.188. The molecule has 0 heterocycles. The van der Waals surface area contributed by atoms with Gasteiger partial charge in [-0.25, -0.2) is 0 Å². The summed E-state index contributed by atoms with van der Waals surface area (Å²) >= 11 is 1.72. The quantitative estimate of drug-likeness (QED) is 0.566. The van der Waals surface area contributed by atoms with Gasteiger partial charge in [-0.1, -0.05) is 68.0 Å². The largest absolute Gasteiger partial charge is 0.392 e. The molecule has 2 rings (SSSR count). The van der Waals surface area contributed by atoms with Gasteiger partial charge in [0.1, 0.15) is 0 Å². The van der Waals surface area contributed by atoms with E-state index in [0.29, 0.717) is 0 Å². The highest BCUT2D eigenvalue weighted by Crippen LogP contribution is 2.21. The summed E-state index contributed by atoms with van der Waals surface area (Å²) in [4.78, 5) is 1.21. The van der Waals surface area contributed by atoms with E-state index in [1.807, 2.05) is 18.2 Å². The summed E-state index contributed by atoms with van der Waals surface area (Å²) in [5.41, 5.74) is 2.40. The standard InChI is InChI=1S/C19H22OS/c1-2-6-18(20)15-21-19-13-11-17(12-14-19)10-9-16-7-4-3-5-8-16/h3-5,7-14,18,20H,2,6,15H2,1H3/b10-9+. The highest BCUT2D eigenvalue weighted by Gasteiger charge is 2.03. The van der Waals surface area contributed by atoms with Crippen LogP contribution in [-0.2, 0) is 0 Å². The number of hydrogen-bond acceptors (Lipinski definition) is 2. The number of thioether (sulfide) groups is 1. The zero-order valence-electron chi connectivity index (χ0n) is 12.4. The molecule has 0 aliphatic rings. The average Bonchev–Trinajstić information content (AvgIpc) is 2.53. The monoisotopic (exact) mass is 298 g/mol. The molecule has 0 radical (unpaired) electrons. The van der Waals surface area contributed by atoms with Crippen LogP contribution in [0.4, 0.5) is 0 Å². The van der Waals surface area contributed by atoms with Crippen molar-refractivity contribution in [3.8, 4) is 0 Å². The maximum absolute atomic E-state index is 9.74. The Kier molecular flexibility index (Phi) is 6.58. The first-order valence-electron chi connectivity index (χ1n) is 7.42. The van der Waals surface area contributed by atoms with Gasteiger partial charge < -0.3 is 5.11 Å². The van der Waals surface area contributed by atoms with E-state index in [9.17, 15) is 5.11 Å². The summed E-state index contributed by atoms with van der Waals surface area (Å²) in [5, 5.41) is 9.74. The van der Waals surface area contributed by atoms with Gasteiger partial charge in [0, 0.05) is 10.6 Å². The van der Waals surface area contributed by atoms with E-state index in [1.54, 1.807) is 11.8 Å². The maximum atomic E-state index is 9.74. The summed E-state index contributed by atoms with van der Waals surface area (Å²) in [6.45, 7) is 2.10. The summed E-state index contributed by atoms with van der Waals surface area (Å²) in [6, 6.07) is 18.8. The molecule has 0 fully saturated rings. The van der Waals surface area contributed by atoms with E-state index in [0.717, 1.165) is 18.6 Å². The SMILES string of the molecule is CCCC(O)CSc1ccc(/C=C/c2ccccc2)cc1. The van der Waals surface area contributed by atoms with Crippen LogP contribution < -0.4 is 0 Å². The number of rotatable bonds is 7. The van der Waals surface area contributed by atoms with E-state index >= 15 is 0 Å². The second-order valence-electron chi connectivity index (χ2n) is 5.07. The van der Waals surface area contributed by atoms with E-state index in [1.165, 1.54) is 16.0 Å². The molecule has 21 heavy (non-hydrogen) atoms. The number of hydrogen-bond donors (Lipinski definition) is 1. The third kappa shape index (κ3) is 5.78. The molecule has 0 aliphatic heterocycles. The summed E-state index contributed by atoms with van der Waals surface area (Å²) < 4.78 is 0. The summed E-state index contributed by atoms with van der Waals surface area (Å²) in [7, 11) is 0. The fraction of sp³-hybridized carbons (Fsp3) is 0.263. The molecule has 2 aromatic carbocycles. The molecule has 2 heteroatoms. The molecule has 0 saturated carbocycles. The van der Waals surface area contributed by atoms with Crippen molar-refractivity contribution in [2.24, 2.45) is 0 Å². The van der Waals surface area contributed by atoms with Crippen molar-refractivity contribution in [2.75, 3.05) is 5.75 Å². The first kappa shape index (κ1) is 15.9. The molecule has 1 N–H and O–H groups in total. The summed E-state index contributed by atoms with van der Waals surface area (Å²) in [6.07, 6.45) is 5.95. The molecular formula is C19H22OS. The van der Waals surface area contributed by atoms with Crippen LogP contribution in [0.5, 0.6) is 0 Å². The first-order chi connectivity index (χ1) is 10.3. The van der Waals surface area contributed by atoms with Gasteiger partial charge in [-0.15, -0.1) is 11.8 Å². The molecule has 0 aromatic heterocycles. The number of aliphatic hydroxyl groups excluding tert-OH is 1. The Balaban J connectivity index is 1.88. The molecule has 2 aromatic rings. The lowest BCUT2D eigenvalue weighted by Gasteiger charge is -2.08. The Morgan fingerprint density at radius 1 is 0.952 bits per heavy atom. The van der Waals surface area contributed by atoms with Crippen molar-refractivity contribution in [3.63, 3.8) is 0 Å². The van der Waals surface area contributed by atoms with Crippen LogP contribution in [-0.4, -0.2) is 17.0 Å². The van der Waals surface area contributed by atoms with E-state index in [-0.39, 0.29) is 6.10 Å². The highest BCUT2D eigenvalue weighted by molar-refractivity contribution is 7.99. The van der Waals surface area contributed by atoms with Crippen molar-refractivity contribution >= 4 is 23.9 Å². The minimum Gasteiger partial charge on any atom is -0.392 e. The molecule has 1 nitrogen and oxygen atoms in total. The normalized spacial score (nSPS) is 12.7. The molecule has 1 unspecified atom stereocenters. The number of benzene rings is 2. The van der Waals surface area contributed by atoms with Crippen molar-refractivity contribution in [1.29, 1.82) is 0 Å². The van der Waals surface area contributed by atoms with Gasteiger partial charge >= 0.3 is 0 Å². The Labute approximate surface area is 131 Å². The van der Waals surface area contributed by atoms with Crippen molar-refractivity contribution < 1.29 is 5.11 Å². The van der Waals surface area contributed by atoms with E-state index in [2.05, 4.69) is 55.5 Å². The highest BCUT2D eigenvalue weighted by atomic mass is 32.2. The fourth-order valence-corrected chi connectivity index (χ4v) is 2.92. The van der Waals surface area contributed by atoms with Gasteiger partial charge in [-0.05, 0) is 29.7 Å². The predicted octanol–water partition coefficient (Wildman–Crippen LogP) is 5.11. The van der Waals surface area contributed by atoms with Gasteiger partial charge in [0.25, 0.3) is 0 Å². The molecule has 110 valence electrons. The minimum atomic E-state index is -0.197. The van der Waals surface area contributed by atoms with Gasteiger partial charge in [-0.3, -0.25) is 0 Å². The minimum absolute atomic E-state index is 0.197. The van der Waals surface area contributed by atoms with Crippen LogP contribution >= 0.6 is 11.8 Å². The third-order valence-corrected chi connectivity index (χ3v) is 4.37. The molecule has 0 saturated heterocycles. The van der Waals surface area contributed by atoms with Gasteiger partial charge in [-0.2, -0.15) is 0 Å². The zero-order chi connectivity index (χ0) is 14.9. The molecule has 0 bridgehead atoms. The first-order valence-corrected chi connectivity index (χ1v) is 8.40. The molecule has 0 aliphatic carbocycles. The fourth-order valence-electron chi connectivity index (χ4n) is 2.04. The second-order valence-corrected chi connectivity index (χ2v) is 6.16. The van der Waals surface area contributed by atoms with E-state index in [4.69, 9.17) is 0 Å². The van der Waals surface area contributed by atoms with Crippen LogP contribution in [0.15, 0.2) is 59.5 Å². The number of aliphatic hydroxyl groups is 1. The molecule has 1 atom stereocenters. The zero-order valence-corrected chi connectivity index (χ0v) is 13.2. The lowest BCUT2D eigenvalue weighted by atomic mass is 10.1. The Bertz CT molecular complexity index is 546. The molecule has 0 spiro atoms. The smallest absolute Gasteiger partial charge is 0.0634 e. The third-order valence-electron chi connectivity index (χ3n) is 3.21. The van der Waals surface area contributed by atoms with Gasteiger partial charge in [0.05, 0.1) is 6.10 Å². The van der Waals surface area contributed by atoms with Crippen molar-refractivity contribution in [1.82, 2.24) is 0 Å². The topological polar surface area (TPSA) is 20.2 Å². The summed E-state index contributed by atoms with van der Waals surface area (Å²) in [5.74, 6) is 0.771. The van der Waals surface area contributed by atoms with Gasteiger partial charge in [0.2, 0.25) is 0 Å². The Morgan fingerprint density at radius 2 is 1.57 bits per heavy atom. The lowest BCUT2D eigenvalue weighted by Crippen LogP contribution is -2.08.